The van der Waals surface area contributed by atoms with Crippen LogP contribution in [0.1, 0.15) is 31.9 Å². The van der Waals surface area contributed by atoms with Gasteiger partial charge in [0.05, 0.1) is 5.92 Å². The molecule has 0 saturated carbocycles. The number of nitrogens with zero attached hydrogens (tertiary/aromatic N) is 2. The molecule has 1 saturated heterocycles. The lowest BCUT2D eigenvalue weighted by atomic mass is 10.1. The van der Waals surface area contributed by atoms with E-state index >= 15 is 0 Å². The minimum atomic E-state index is -0.637. The second kappa shape index (κ2) is 6.73. The lowest BCUT2D eigenvalue weighted by Crippen LogP contribution is -2.27. The van der Waals surface area contributed by atoms with Crippen molar-refractivity contribution >= 4 is 17.8 Å². The standard InChI is InChI=1S/C15H17N3O6/c16-11-4-5-18(15(21)17-11)12-6-9-7-22-13(19)2-1-3-14(20)23-8-10(9)24-12/h4-5,8-9,12H,1-3,6-7H2,(H2,16,17,21). The van der Waals surface area contributed by atoms with Gasteiger partial charge in [0.15, 0.2) is 6.23 Å². The van der Waals surface area contributed by atoms with Gasteiger partial charge in [0, 0.05) is 25.5 Å². The summed E-state index contributed by atoms with van der Waals surface area (Å²) < 4.78 is 17.2. The number of carbonyl (C=O) groups excluding carboxylic acids is 2. The van der Waals surface area contributed by atoms with Crippen molar-refractivity contribution in [1.29, 1.82) is 0 Å². The van der Waals surface area contributed by atoms with Gasteiger partial charge in [0.2, 0.25) is 0 Å². The molecule has 2 aliphatic heterocycles. The van der Waals surface area contributed by atoms with Crippen LogP contribution in [0.25, 0.3) is 0 Å². The zero-order chi connectivity index (χ0) is 17.1. The van der Waals surface area contributed by atoms with Crippen LogP contribution in [0.4, 0.5) is 5.82 Å². The van der Waals surface area contributed by atoms with Crippen molar-refractivity contribution in [3.05, 3.63) is 34.8 Å². The van der Waals surface area contributed by atoms with Crippen LogP contribution in [0.5, 0.6) is 0 Å². The number of anilines is 1. The van der Waals surface area contributed by atoms with Crippen molar-refractivity contribution in [3.63, 3.8) is 0 Å². The first-order chi connectivity index (χ1) is 11.5. The fourth-order valence-electron chi connectivity index (χ4n) is 2.58. The average molecular weight is 335 g/mol. The summed E-state index contributed by atoms with van der Waals surface area (Å²) in [7, 11) is 0. The van der Waals surface area contributed by atoms with Gasteiger partial charge in [-0.1, -0.05) is 0 Å². The molecular weight excluding hydrogens is 318 g/mol. The van der Waals surface area contributed by atoms with Gasteiger partial charge >= 0.3 is 17.6 Å². The van der Waals surface area contributed by atoms with Crippen molar-refractivity contribution in [2.24, 2.45) is 5.92 Å². The maximum atomic E-state index is 11.9. The molecule has 2 atom stereocenters. The molecule has 0 bridgehead atoms. The number of aromatic nitrogens is 2. The molecule has 0 radical (unpaired) electrons. The van der Waals surface area contributed by atoms with Gasteiger partial charge in [-0.3, -0.25) is 14.2 Å². The molecule has 0 aliphatic carbocycles. The molecule has 128 valence electrons. The Hall–Kier alpha value is -2.84. The molecule has 2 aliphatic rings. The van der Waals surface area contributed by atoms with Crippen molar-refractivity contribution < 1.29 is 23.8 Å². The molecule has 1 aromatic rings. The highest BCUT2D eigenvalue weighted by atomic mass is 16.6. The van der Waals surface area contributed by atoms with E-state index in [1.54, 1.807) is 0 Å². The van der Waals surface area contributed by atoms with Gasteiger partial charge in [-0.05, 0) is 12.5 Å². The number of rotatable bonds is 1. The summed E-state index contributed by atoms with van der Waals surface area (Å²) in [5.41, 5.74) is 4.93. The molecule has 1 aromatic heterocycles. The Balaban J connectivity index is 1.82. The van der Waals surface area contributed by atoms with E-state index in [0.717, 1.165) is 0 Å². The number of ether oxygens (including phenoxy) is 3. The summed E-state index contributed by atoms with van der Waals surface area (Å²) in [5.74, 6) is -0.666. The molecule has 2 N–H and O–H groups in total. The van der Waals surface area contributed by atoms with Crippen molar-refractivity contribution in [1.82, 2.24) is 9.55 Å². The second-order valence-corrected chi connectivity index (χ2v) is 5.59. The van der Waals surface area contributed by atoms with Gasteiger partial charge in [0.25, 0.3) is 0 Å². The van der Waals surface area contributed by atoms with Gasteiger partial charge in [-0.2, -0.15) is 4.98 Å². The van der Waals surface area contributed by atoms with Crippen LogP contribution >= 0.6 is 0 Å². The number of fused-ring (bicyclic) bond motifs is 1. The van der Waals surface area contributed by atoms with Crippen LogP contribution in [0.15, 0.2) is 29.1 Å². The first-order valence-corrected chi connectivity index (χ1v) is 7.59. The van der Waals surface area contributed by atoms with Crippen molar-refractivity contribution in [3.8, 4) is 0 Å². The summed E-state index contributed by atoms with van der Waals surface area (Å²) in [4.78, 5) is 38.8. The first-order valence-electron chi connectivity index (χ1n) is 7.59. The molecule has 9 nitrogen and oxygen atoms in total. The van der Waals surface area contributed by atoms with E-state index in [1.165, 1.54) is 23.1 Å². The SMILES string of the molecule is Nc1ccn(C2CC3COC(=O)CCCC(=O)OC=C3O2)c(=O)n1. The van der Waals surface area contributed by atoms with E-state index in [0.29, 0.717) is 18.6 Å². The minimum absolute atomic E-state index is 0.0931. The topological polar surface area (TPSA) is 123 Å². The van der Waals surface area contributed by atoms with E-state index in [-0.39, 0.29) is 37.2 Å². The van der Waals surface area contributed by atoms with Crippen LogP contribution < -0.4 is 11.4 Å². The normalized spacial score (nSPS) is 24.8. The summed E-state index contributed by atoms with van der Waals surface area (Å²) >= 11 is 0. The van der Waals surface area contributed by atoms with Crippen molar-refractivity contribution in [2.75, 3.05) is 12.3 Å². The van der Waals surface area contributed by atoms with Crippen LogP contribution in [-0.4, -0.2) is 28.1 Å². The Morgan fingerprint density at radius 1 is 1.21 bits per heavy atom. The fourth-order valence-corrected chi connectivity index (χ4v) is 2.58. The molecule has 9 heteroatoms. The highest BCUT2D eigenvalue weighted by Gasteiger charge is 2.35. The maximum Gasteiger partial charge on any atom is 0.352 e. The molecule has 1 fully saturated rings. The molecule has 2 unspecified atom stereocenters. The lowest BCUT2D eigenvalue weighted by molar-refractivity contribution is -0.144. The second-order valence-electron chi connectivity index (χ2n) is 5.59. The third kappa shape index (κ3) is 3.55. The molecule has 0 aromatic carbocycles. The highest BCUT2D eigenvalue weighted by Crippen LogP contribution is 2.36. The Kier molecular flexibility index (Phi) is 4.50. The number of carbonyl (C=O) groups is 2. The molecule has 0 spiro atoms. The number of nitrogens with two attached hydrogens (primary N) is 1. The lowest BCUT2D eigenvalue weighted by Gasteiger charge is -2.13. The summed E-state index contributed by atoms with van der Waals surface area (Å²) in [5, 5.41) is 0. The summed E-state index contributed by atoms with van der Waals surface area (Å²) in [6, 6.07) is 1.49. The monoisotopic (exact) mass is 335 g/mol. The molecule has 3 heterocycles. The van der Waals surface area contributed by atoms with Crippen LogP contribution in [0, 0.1) is 5.92 Å². The van der Waals surface area contributed by atoms with E-state index in [1.807, 2.05) is 0 Å². The van der Waals surface area contributed by atoms with Crippen molar-refractivity contribution in [2.45, 2.75) is 31.9 Å². The van der Waals surface area contributed by atoms with Crippen LogP contribution in [0.2, 0.25) is 0 Å². The number of cyclic esters (lactones) is 2. The quantitative estimate of drug-likeness (QED) is 0.735. The van der Waals surface area contributed by atoms with E-state index in [4.69, 9.17) is 19.9 Å². The largest absolute Gasteiger partial charge is 0.471 e. The average Bonchev–Trinajstić information content (AvgIpc) is 2.92. The van der Waals surface area contributed by atoms with Gasteiger partial charge in [0.1, 0.15) is 24.4 Å². The Labute approximate surface area is 137 Å². The number of hydrogen-bond donors (Lipinski definition) is 1. The Morgan fingerprint density at radius 3 is 2.79 bits per heavy atom. The summed E-state index contributed by atoms with van der Waals surface area (Å²) in [6.45, 7) is 0.0931. The molecular formula is C15H17N3O6. The minimum Gasteiger partial charge on any atom is -0.471 e. The predicted molar refractivity (Wildman–Crippen MR) is 80.1 cm³/mol. The number of esters is 2. The highest BCUT2D eigenvalue weighted by molar-refractivity contribution is 5.73. The number of hydrogen-bond acceptors (Lipinski definition) is 8. The number of nitrogen functional groups attached to an aromatic ring is 1. The zero-order valence-electron chi connectivity index (χ0n) is 12.8. The smallest absolute Gasteiger partial charge is 0.352 e. The van der Waals surface area contributed by atoms with E-state index in [2.05, 4.69) is 4.98 Å². The first kappa shape index (κ1) is 16.0. The van der Waals surface area contributed by atoms with Gasteiger partial charge in [-0.25, -0.2) is 4.79 Å². The Bertz CT molecular complexity index is 741. The third-order valence-corrected chi connectivity index (χ3v) is 3.84. The molecule has 24 heavy (non-hydrogen) atoms. The van der Waals surface area contributed by atoms with E-state index in [9.17, 15) is 14.4 Å². The van der Waals surface area contributed by atoms with Crippen LogP contribution in [-0.2, 0) is 23.8 Å². The molecule has 0 amide bonds. The van der Waals surface area contributed by atoms with Crippen LogP contribution in [0.3, 0.4) is 0 Å². The summed E-state index contributed by atoms with van der Waals surface area (Å²) in [6.07, 6.45) is 3.10. The van der Waals surface area contributed by atoms with Gasteiger partial charge < -0.3 is 19.9 Å². The van der Waals surface area contributed by atoms with E-state index < -0.39 is 17.9 Å². The zero-order valence-corrected chi connectivity index (χ0v) is 12.8. The molecule has 3 rings (SSSR count). The third-order valence-electron chi connectivity index (χ3n) is 3.84. The maximum absolute atomic E-state index is 11.9. The fraction of sp³-hybridized carbons (Fsp3) is 0.467. The predicted octanol–water partition coefficient (Wildman–Crippen LogP) is 0.472. The van der Waals surface area contributed by atoms with Gasteiger partial charge in [-0.15, -0.1) is 0 Å². The Morgan fingerprint density at radius 2 is 2.00 bits per heavy atom.